The average Bonchev–Trinajstić information content (AvgIpc) is 3.77. The van der Waals surface area contributed by atoms with E-state index in [0.717, 1.165) is 39.6 Å². The molecule has 0 atom stereocenters. The Hall–Kier alpha value is -6.95. The van der Waals surface area contributed by atoms with Crippen LogP contribution < -0.4 is 0 Å². The van der Waals surface area contributed by atoms with Gasteiger partial charge >= 0.3 is 0 Å². The first-order valence-corrected chi connectivity index (χ1v) is 21.2. The van der Waals surface area contributed by atoms with Gasteiger partial charge in [-0.1, -0.05) is 141 Å². The molecule has 0 bridgehead atoms. The standard InChI is InChI=1S/C54H36N4S/c1-54(2)42-17-9-6-13-35(42)40-31-34(25-27-43(40)54)57-45-19-10-8-15-37(45)41-29-32(24-28-47(41)57)33-23-26-38-36-14-7-11-20-46(36)58(48(38)30-33)53-55-44-18-12-22-50-51(44)52(56-53)39-16-4-3-5-21-49(39)59-50/h3-20,22-31H,21H2,1-2H3. The van der Waals surface area contributed by atoms with Crippen molar-refractivity contribution in [3.63, 3.8) is 0 Å². The molecule has 0 N–H and O–H groups in total. The third-order valence-corrected chi connectivity index (χ3v) is 14.2. The van der Waals surface area contributed by atoms with E-state index in [4.69, 9.17) is 9.97 Å². The Morgan fingerprint density at radius 2 is 1.29 bits per heavy atom. The van der Waals surface area contributed by atoms with Crippen LogP contribution in [0.3, 0.4) is 0 Å². The number of allylic oxidation sites excluding steroid dienone is 6. The Morgan fingerprint density at radius 1 is 0.559 bits per heavy atom. The van der Waals surface area contributed by atoms with Crippen LogP contribution in [0.5, 0.6) is 0 Å². The van der Waals surface area contributed by atoms with Crippen LogP contribution in [-0.2, 0) is 5.41 Å². The molecule has 0 unspecified atom stereocenters. The summed E-state index contributed by atoms with van der Waals surface area (Å²) in [5, 5.41) is 5.99. The number of para-hydroxylation sites is 2. The second kappa shape index (κ2) is 12.0. The van der Waals surface area contributed by atoms with Crippen LogP contribution in [0.4, 0.5) is 0 Å². The van der Waals surface area contributed by atoms with Crippen LogP contribution in [0.25, 0.3) is 94.0 Å². The molecule has 59 heavy (non-hydrogen) atoms. The fourth-order valence-electron chi connectivity index (χ4n) is 10.2. The largest absolute Gasteiger partial charge is 0.309 e. The molecule has 0 amide bonds. The Morgan fingerprint density at radius 3 is 2.19 bits per heavy atom. The zero-order valence-corrected chi connectivity index (χ0v) is 33.4. The number of thioether (sulfide) groups is 1. The van der Waals surface area contributed by atoms with Gasteiger partial charge in [0.1, 0.15) is 0 Å². The molecule has 1 aliphatic heterocycles. The van der Waals surface area contributed by atoms with Gasteiger partial charge in [0.25, 0.3) is 0 Å². The summed E-state index contributed by atoms with van der Waals surface area (Å²) in [6, 6.07) is 53.7. The smallest absolute Gasteiger partial charge is 0.235 e. The molecule has 5 heteroatoms. The highest BCUT2D eigenvalue weighted by Gasteiger charge is 2.35. The van der Waals surface area contributed by atoms with E-state index in [0.29, 0.717) is 5.95 Å². The van der Waals surface area contributed by atoms with Gasteiger partial charge in [0.2, 0.25) is 5.95 Å². The molecule has 7 aromatic carbocycles. The van der Waals surface area contributed by atoms with Crippen molar-refractivity contribution in [1.82, 2.24) is 19.1 Å². The first-order valence-electron chi connectivity index (χ1n) is 20.4. The van der Waals surface area contributed by atoms with Crippen LogP contribution in [-0.4, -0.2) is 19.1 Å². The summed E-state index contributed by atoms with van der Waals surface area (Å²) in [6.07, 6.45) is 9.62. The van der Waals surface area contributed by atoms with Gasteiger partial charge in [-0.2, -0.15) is 0 Å². The first-order chi connectivity index (χ1) is 29.0. The average molecular weight is 773 g/mol. The number of rotatable bonds is 3. The lowest BCUT2D eigenvalue weighted by Gasteiger charge is -2.21. The Kier molecular flexibility index (Phi) is 6.75. The molecule has 2 aliphatic carbocycles. The molecule has 0 fully saturated rings. The van der Waals surface area contributed by atoms with E-state index in [1.165, 1.54) is 81.5 Å². The zero-order chi connectivity index (χ0) is 39.0. The lowest BCUT2D eigenvalue weighted by atomic mass is 9.82. The monoisotopic (exact) mass is 772 g/mol. The molecule has 4 heterocycles. The summed E-state index contributed by atoms with van der Waals surface area (Å²) < 4.78 is 4.71. The molecule has 3 aromatic heterocycles. The molecule has 0 spiro atoms. The van der Waals surface area contributed by atoms with Crippen LogP contribution >= 0.6 is 11.8 Å². The molecular formula is C54H36N4S. The van der Waals surface area contributed by atoms with Crippen molar-refractivity contribution >= 4 is 71.8 Å². The van der Waals surface area contributed by atoms with Crippen LogP contribution in [0.2, 0.25) is 0 Å². The van der Waals surface area contributed by atoms with E-state index < -0.39 is 0 Å². The summed E-state index contributed by atoms with van der Waals surface area (Å²) in [7, 11) is 0. The number of hydrogen-bond acceptors (Lipinski definition) is 3. The van der Waals surface area contributed by atoms with Gasteiger partial charge in [0.05, 0.1) is 33.3 Å². The maximum Gasteiger partial charge on any atom is 0.235 e. The lowest BCUT2D eigenvalue weighted by molar-refractivity contribution is 0.660. The number of hydrogen-bond donors (Lipinski definition) is 0. The third kappa shape index (κ3) is 4.62. The van der Waals surface area contributed by atoms with Gasteiger partial charge in [-0.15, -0.1) is 0 Å². The number of benzene rings is 7. The molecule has 13 rings (SSSR count). The normalized spacial score (nSPS) is 15.1. The number of nitrogens with zero attached hydrogens (tertiary/aromatic N) is 4. The summed E-state index contributed by atoms with van der Waals surface area (Å²) in [4.78, 5) is 13.3. The van der Waals surface area contributed by atoms with Crippen molar-refractivity contribution in [1.29, 1.82) is 0 Å². The van der Waals surface area contributed by atoms with Gasteiger partial charge in [-0.05, 0) is 94.4 Å². The molecule has 4 nitrogen and oxygen atoms in total. The maximum atomic E-state index is 5.45. The summed E-state index contributed by atoms with van der Waals surface area (Å²) in [5.41, 5.74) is 16.7. The SMILES string of the molecule is CC1(C)c2ccccc2-c2cc(-n3c4ccccc4c4cc(-c5ccc6c7ccccc7n(-c7nc8c9c(cccc9n7)SC7=C8C=CC=CC7)c6c5)ccc43)ccc21. The molecule has 0 radical (unpaired) electrons. The van der Waals surface area contributed by atoms with E-state index >= 15 is 0 Å². The topological polar surface area (TPSA) is 35.6 Å². The van der Waals surface area contributed by atoms with E-state index in [1.54, 1.807) is 0 Å². The highest BCUT2D eigenvalue weighted by atomic mass is 32.2. The van der Waals surface area contributed by atoms with E-state index in [-0.39, 0.29) is 5.41 Å². The zero-order valence-electron chi connectivity index (χ0n) is 32.6. The fourth-order valence-corrected chi connectivity index (χ4v) is 11.4. The third-order valence-electron chi connectivity index (χ3n) is 13.0. The highest BCUT2D eigenvalue weighted by molar-refractivity contribution is 8.03. The van der Waals surface area contributed by atoms with E-state index in [1.807, 2.05) is 11.8 Å². The highest BCUT2D eigenvalue weighted by Crippen LogP contribution is 2.50. The first kappa shape index (κ1) is 33.1. The lowest BCUT2D eigenvalue weighted by Crippen LogP contribution is -2.14. The Bertz CT molecular complexity index is 3590. The van der Waals surface area contributed by atoms with Gasteiger partial charge in [-0.25, -0.2) is 9.97 Å². The van der Waals surface area contributed by atoms with Gasteiger partial charge < -0.3 is 4.57 Å². The van der Waals surface area contributed by atoms with Crippen molar-refractivity contribution in [2.45, 2.75) is 30.6 Å². The number of fused-ring (bicyclic) bond motifs is 10. The van der Waals surface area contributed by atoms with Crippen molar-refractivity contribution in [3.8, 4) is 33.9 Å². The summed E-state index contributed by atoms with van der Waals surface area (Å²) >= 11 is 1.85. The van der Waals surface area contributed by atoms with Crippen LogP contribution in [0.1, 0.15) is 37.1 Å². The quantitative estimate of drug-likeness (QED) is 0.179. The van der Waals surface area contributed by atoms with Crippen LogP contribution in [0.15, 0.2) is 180 Å². The number of aromatic nitrogens is 4. The predicted molar refractivity (Wildman–Crippen MR) is 247 cm³/mol. The Balaban J connectivity index is 0.997. The van der Waals surface area contributed by atoms with Crippen molar-refractivity contribution < 1.29 is 0 Å². The second-order valence-electron chi connectivity index (χ2n) is 16.5. The Labute approximate surface area is 345 Å². The van der Waals surface area contributed by atoms with Crippen molar-refractivity contribution in [3.05, 3.63) is 192 Å². The van der Waals surface area contributed by atoms with Crippen molar-refractivity contribution in [2.24, 2.45) is 0 Å². The molecular weight excluding hydrogens is 737 g/mol. The minimum Gasteiger partial charge on any atom is -0.309 e. The minimum atomic E-state index is -0.0302. The maximum absolute atomic E-state index is 5.45. The molecule has 10 aromatic rings. The summed E-state index contributed by atoms with van der Waals surface area (Å²) in [5.74, 6) is 0.691. The van der Waals surface area contributed by atoms with E-state index in [9.17, 15) is 0 Å². The predicted octanol–water partition coefficient (Wildman–Crippen LogP) is 14.1. The molecule has 0 saturated heterocycles. The fraction of sp³-hybridized carbons (Fsp3) is 0.0741. The minimum absolute atomic E-state index is 0.0302. The van der Waals surface area contributed by atoms with E-state index in [2.05, 4.69) is 193 Å². The van der Waals surface area contributed by atoms with Gasteiger partial charge in [0, 0.05) is 53.4 Å². The summed E-state index contributed by atoms with van der Waals surface area (Å²) in [6.45, 7) is 4.69. The van der Waals surface area contributed by atoms with Gasteiger partial charge in [0.15, 0.2) is 0 Å². The van der Waals surface area contributed by atoms with Crippen LogP contribution in [0, 0.1) is 0 Å². The molecule has 0 saturated carbocycles. The van der Waals surface area contributed by atoms with Crippen molar-refractivity contribution in [2.75, 3.05) is 0 Å². The molecule has 278 valence electrons. The molecule has 3 aliphatic rings. The van der Waals surface area contributed by atoms with Gasteiger partial charge in [-0.3, -0.25) is 4.57 Å². The second-order valence-corrected chi connectivity index (χ2v) is 17.7.